The van der Waals surface area contributed by atoms with Crippen molar-refractivity contribution in [3.63, 3.8) is 0 Å². The molecule has 1 aromatic rings. The first kappa shape index (κ1) is 15.2. The van der Waals surface area contributed by atoms with Gasteiger partial charge in [0, 0.05) is 30.4 Å². The lowest BCUT2D eigenvalue weighted by atomic mass is 10.0. The maximum Gasteiger partial charge on any atom is 0.0687 e. The smallest absolute Gasteiger partial charge is 0.0687 e. The molecular weight excluding hydrogens is 226 g/mol. The van der Waals surface area contributed by atoms with Gasteiger partial charge in [0.05, 0.1) is 11.8 Å². The number of hydrogen-bond acceptors (Lipinski definition) is 3. The molecule has 4 nitrogen and oxygen atoms in total. The fourth-order valence-corrected chi connectivity index (χ4v) is 2.28. The van der Waals surface area contributed by atoms with E-state index in [0.717, 1.165) is 12.2 Å². The van der Waals surface area contributed by atoms with Gasteiger partial charge in [-0.15, -0.1) is 0 Å². The molecule has 0 spiro atoms. The summed E-state index contributed by atoms with van der Waals surface area (Å²) in [6, 6.07) is 0.221. The predicted octanol–water partition coefficient (Wildman–Crippen LogP) is 2.19. The Bertz CT molecular complexity index is 385. The molecule has 0 amide bonds. The van der Waals surface area contributed by atoms with E-state index in [9.17, 15) is 5.11 Å². The van der Waals surface area contributed by atoms with Crippen LogP contribution in [0.4, 0.5) is 0 Å². The van der Waals surface area contributed by atoms with Crippen LogP contribution in [0.3, 0.4) is 0 Å². The van der Waals surface area contributed by atoms with Crippen molar-refractivity contribution in [2.45, 2.75) is 60.2 Å². The number of hydrogen-bond donors (Lipinski definition) is 2. The number of aromatic nitrogens is 2. The molecular formula is C14H27N3O. The minimum Gasteiger partial charge on any atom is -0.392 e. The zero-order chi connectivity index (χ0) is 13.9. The Morgan fingerprint density at radius 2 is 1.89 bits per heavy atom. The fraction of sp³-hybridized carbons (Fsp3) is 0.786. The van der Waals surface area contributed by atoms with Gasteiger partial charge >= 0.3 is 0 Å². The van der Waals surface area contributed by atoms with Crippen LogP contribution in [-0.4, -0.2) is 27.5 Å². The Hall–Kier alpha value is -0.870. The molecule has 1 rings (SSSR count). The molecule has 4 heteroatoms. The highest BCUT2D eigenvalue weighted by molar-refractivity contribution is 5.27. The van der Waals surface area contributed by atoms with Gasteiger partial charge in [0.1, 0.15) is 0 Å². The average molecular weight is 253 g/mol. The SMILES string of the molecule is CCn1nc(C)c(C(C)NCC(O)C(C)C)c1C. The third-order valence-corrected chi connectivity index (χ3v) is 3.57. The standard InChI is InChI=1S/C14H27N3O/c1-7-17-12(6)14(11(5)16-17)10(4)15-8-13(18)9(2)3/h9-10,13,15,18H,7-8H2,1-6H3. The van der Waals surface area contributed by atoms with Gasteiger partial charge in [-0.05, 0) is 33.6 Å². The molecule has 1 heterocycles. The summed E-state index contributed by atoms with van der Waals surface area (Å²) in [6.07, 6.45) is -0.297. The summed E-state index contributed by atoms with van der Waals surface area (Å²) in [4.78, 5) is 0. The zero-order valence-electron chi connectivity index (χ0n) is 12.5. The van der Waals surface area contributed by atoms with Crippen LogP contribution >= 0.6 is 0 Å². The molecule has 0 radical (unpaired) electrons. The van der Waals surface area contributed by atoms with E-state index in [2.05, 4.69) is 31.2 Å². The second-order valence-electron chi connectivity index (χ2n) is 5.34. The molecule has 0 aliphatic rings. The van der Waals surface area contributed by atoms with Gasteiger partial charge in [-0.1, -0.05) is 13.8 Å². The highest BCUT2D eigenvalue weighted by atomic mass is 16.3. The van der Waals surface area contributed by atoms with Crippen molar-refractivity contribution in [1.82, 2.24) is 15.1 Å². The number of aliphatic hydroxyl groups excluding tert-OH is 1. The summed E-state index contributed by atoms with van der Waals surface area (Å²) in [5.41, 5.74) is 3.55. The van der Waals surface area contributed by atoms with Crippen molar-refractivity contribution in [3.8, 4) is 0 Å². The van der Waals surface area contributed by atoms with Crippen LogP contribution in [0.1, 0.15) is 50.7 Å². The highest BCUT2D eigenvalue weighted by Gasteiger charge is 2.18. The highest BCUT2D eigenvalue weighted by Crippen LogP contribution is 2.21. The minimum absolute atomic E-state index is 0.221. The quantitative estimate of drug-likeness (QED) is 0.817. The molecule has 1 aromatic heterocycles. The maximum absolute atomic E-state index is 9.83. The largest absolute Gasteiger partial charge is 0.392 e. The van der Waals surface area contributed by atoms with Gasteiger partial charge in [-0.2, -0.15) is 5.10 Å². The molecule has 0 aliphatic heterocycles. The summed E-state index contributed by atoms with van der Waals surface area (Å²) >= 11 is 0. The first-order valence-corrected chi connectivity index (χ1v) is 6.83. The maximum atomic E-state index is 9.83. The van der Waals surface area contributed by atoms with Gasteiger partial charge in [0.25, 0.3) is 0 Å². The van der Waals surface area contributed by atoms with E-state index < -0.39 is 0 Å². The van der Waals surface area contributed by atoms with Crippen molar-refractivity contribution in [3.05, 3.63) is 17.0 Å². The van der Waals surface area contributed by atoms with Crippen LogP contribution in [0.5, 0.6) is 0 Å². The molecule has 0 saturated heterocycles. The normalized spacial score (nSPS) is 15.1. The number of nitrogens with zero attached hydrogens (tertiary/aromatic N) is 2. The summed E-state index contributed by atoms with van der Waals surface area (Å²) in [5.74, 6) is 0.283. The second-order valence-corrected chi connectivity index (χ2v) is 5.34. The Kier molecular flexibility index (Phi) is 5.35. The molecule has 0 aliphatic carbocycles. The summed E-state index contributed by atoms with van der Waals surface area (Å²) in [7, 11) is 0. The second kappa shape index (κ2) is 6.34. The lowest BCUT2D eigenvalue weighted by Gasteiger charge is -2.20. The summed E-state index contributed by atoms with van der Waals surface area (Å²) < 4.78 is 2.03. The first-order valence-electron chi connectivity index (χ1n) is 6.83. The molecule has 0 bridgehead atoms. The molecule has 2 N–H and O–H groups in total. The number of nitrogens with one attached hydrogen (secondary N) is 1. The van der Waals surface area contributed by atoms with Gasteiger partial charge < -0.3 is 10.4 Å². The first-order chi connectivity index (χ1) is 8.38. The van der Waals surface area contributed by atoms with Gasteiger partial charge in [0.2, 0.25) is 0 Å². The van der Waals surface area contributed by atoms with Crippen LogP contribution in [0, 0.1) is 19.8 Å². The van der Waals surface area contributed by atoms with Crippen molar-refractivity contribution in [2.75, 3.05) is 6.54 Å². The number of rotatable bonds is 6. The predicted molar refractivity (Wildman–Crippen MR) is 74.6 cm³/mol. The van der Waals surface area contributed by atoms with Crippen LogP contribution in [0.15, 0.2) is 0 Å². The topological polar surface area (TPSA) is 50.1 Å². The number of aliphatic hydroxyl groups is 1. The van der Waals surface area contributed by atoms with E-state index in [4.69, 9.17) is 0 Å². The van der Waals surface area contributed by atoms with Crippen molar-refractivity contribution in [2.24, 2.45) is 5.92 Å². The Morgan fingerprint density at radius 1 is 1.28 bits per heavy atom. The van der Waals surface area contributed by atoms with E-state index in [1.54, 1.807) is 0 Å². The van der Waals surface area contributed by atoms with E-state index in [0.29, 0.717) is 6.54 Å². The third kappa shape index (κ3) is 3.33. The Labute approximate surface area is 110 Å². The molecule has 2 unspecified atom stereocenters. The molecule has 18 heavy (non-hydrogen) atoms. The van der Waals surface area contributed by atoms with Crippen LogP contribution in [-0.2, 0) is 6.54 Å². The molecule has 0 fully saturated rings. The molecule has 0 saturated carbocycles. The van der Waals surface area contributed by atoms with E-state index in [1.807, 2.05) is 25.5 Å². The van der Waals surface area contributed by atoms with Crippen LogP contribution in [0.2, 0.25) is 0 Å². The lowest BCUT2D eigenvalue weighted by Crippen LogP contribution is -2.32. The Morgan fingerprint density at radius 3 is 2.33 bits per heavy atom. The van der Waals surface area contributed by atoms with E-state index >= 15 is 0 Å². The fourth-order valence-electron chi connectivity index (χ4n) is 2.28. The lowest BCUT2D eigenvalue weighted by molar-refractivity contribution is 0.120. The zero-order valence-corrected chi connectivity index (χ0v) is 12.5. The summed E-state index contributed by atoms with van der Waals surface area (Å²) in [5, 5.41) is 17.8. The number of aryl methyl sites for hydroxylation is 2. The van der Waals surface area contributed by atoms with Gasteiger partial charge in [-0.25, -0.2) is 0 Å². The van der Waals surface area contributed by atoms with Crippen LogP contribution < -0.4 is 5.32 Å². The van der Waals surface area contributed by atoms with Crippen LogP contribution in [0.25, 0.3) is 0 Å². The van der Waals surface area contributed by atoms with Crippen molar-refractivity contribution >= 4 is 0 Å². The average Bonchev–Trinajstić information content (AvgIpc) is 2.60. The van der Waals surface area contributed by atoms with Gasteiger partial charge in [0.15, 0.2) is 0 Å². The van der Waals surface area contributed by atoms with Crippen molar-refractivity contribution in [1.29, 1.82) is 0 Å². The van der Waals surface area contributed by atoms with Crippen molar-refractivity contribution < 1.29 is 5.11 Å². The molecule has 0 aromatic carbocycles. The van der Waals surface area contributed by atoms with E-state index in [1.165, 1.54) is 11.3 Å². The van der Waals surface area contributed by atoms with E-state index in [-0.39, 0.29) is 18.1 Å². The minimum atomic E-state index is -0.297. The van der Waals surface area contributed by atoms with Gasteiger partial charge in [-0.3, -0.25) is 4.68 Å². The third-order valence-electron chi connectivity index (χ3n) is 3.57. The monoisotopic (exact) mass is 253 g/mol. The molecule has 2 atom stereocenters. The molecule has 104 valence electrons. The Balaban J connectivity index is 2.72. The summed E-state index contributed by atoms with van der Waals surface area (Å²) in [6.45, 7) is 14.0.